The standard InChI is InChI=1S/C70H74N4O.Pt/c1-44-31-32-71-63(33-44)74-60-40-51(28-29-53(60)56-41-57-58(42-61(56)74)69(13,14)70(15,16)68(57,11)12)75-52-35-48(66(5,6)7)34-50(39-52)72-43-73(59-30-27-47(38-62(59)72)65(2,3)4)64-54(45-23-19-17-20-24-45)36-49(67(8,9)10)37-55(64)46-25-21-18-22-26-46;/h17-42H,1-16H3;/i17D,18D,19D,20D,21D,22D,23D,24D,25D,26D;. The van der Waals surface area contributed by atoms with Gasteiger partial charge in [0.15, 0.2) is 0 Å². The van der Waals surface area contributed by atoms with Gasteiger partial charge in [-0.25, -0.2) is 0 Å². The van der Waals surface area contributed by atoms with E-state index in [1.165, 1.54) is 11.1 Å². The molecule has 0 N–H and O–H groups in total. The Bertz CT molecular complexity index is 4490. The first-order valence-electron chi connectivity index (χ1n) is 31.3. The second kappa shape index (κ2) is 17.8. The van der Waals surface area contributed by atoms with Crippen LogP contribution in [-0.4, -0.2) is 18.7 Å². The van der Waals surface area contributed by atoms with Gasteiger partial charge in [0.05, 0.1) is 0 Å². The van der Waals surface area contributed by atoms with E-state index in [0.29, 0.717) is 26.4 Å². The third kappa shape index (κ3) is 8.30. The second-order valence-corrected chi connectivity index (χ2v) is 26.6. The zero-order chi connectivity index (χ0) is 62.9. The predicted molar refractivity (Wildman–Crippen MR) is 316 cm³/mol. The summed E-state index contributed by atoms with van der Waals surface area (Å²) < 4.78 is 105. The quantitative estimate of drug-likeness (QED) is 0.159. The van der Waals surface area contributed by atoms with Gasteiger partial charge in [-0.3, -0.25) is 0 Å². The molecule has 0 bridgehead atoms. The van der Waals surface area contributed by atoms with Gasteiger partial charge in [0.2, 0.25) is 0 Å². The molecule has 1 aliphatic carbocycles. The Labute approximate surface area is 476 Å². The number of imidazole rings is 1. The molecule has 0 amide bonds. The number of ether oxygens (including phenoxy) is 1. The number of rotatable bonds is 7. The number of hydrogen-bond acceptors (Lipinski definition) is 2. The molecule has 3 heterocycles. The molecule has 0 unspecified atom stereocenters. The first-order chi connectivity index (χ1) is 39.8. The van der Waals surface area contributed by atoms with Crippen LogP contribution in [0, 0.1) is 16.1 Å². The molecule has 0 saturated carbocycles. The number of benzene rings is 7. The monoisotopic (exact) mass is 1190 g/mol. The molecule has 0 atom stereocenters. The van der Waals surface area contributed by atoms with Crippen molar-refractivity contribution in [3.63, 3.8) is 0 Å². The summed E-state index contributed by atoms with van der Waals surface area (Å²) in [5.74, 6) is 1.99. The Morgan fingerprint density at radius 1 is 0.500 bits per heavy atom. The van der Waals surface area contributed by atoms with E-state index in [2.05, 4.69) is 173 Å². The molecule has 6 heteroatoms. The van der Waals surface area contributed by atoms with Gasteiger partial charge in [-0.05, 0) is 45.9 Å². The number of aryl methyl sites for hydroxylation is 1. The number of pyridine rings is 1. The molecular weight excluding hydrogens is 1110 g/mol. The van der Waals surface area contributed by atoms with Crippen LogP contribution in [0.25, 0.3) is 72.3 Å². The van der Waals surface area contributed by atoms with Crippen LogP contribution in [0.1, 0.15) is 151 Å². The van der Waals surface area contributed by atoms with Crippen molar-refractivity contribution in [3.8, 4) is 50.9 Å². The second-order valence-electron chi connectivity index (χ2n) is 25.6. The van der Waals surface area contributed by atoms with E-state index in [1.54, 1.807) is 0 Å². The van der Waals surface area contributed by atoms with Crippen molar-refractivity contribution in [2.75, 3.05) is 0 Å². The summed E-state index contributed by atoms with van der Waals surface area (Å²) >= 11 is 2.27. The summed E-state index contributed by atoms with van der Waals surface area (Å²) in [4.78, 5) is 4.98. The van der Waals surface area contributed by atoms with Crippen molar-refractivity contribution in [1.29, 1.82) is 0 Å². The third-order valence-electron chi connectivity index (χ3n) is 17.1. The van der Waals surface area contributed by atoms with Crippen LogP contribution in [0.4, 0.5) is 0 Å². The fourth-order valence-electron chi connectivity index (χ4n) is 11.4. The molecule has 1 aliphatic rings. The summed E-state index contributed by atoms with van der Waals surface area (Å²) in [7, 11) is 0. The third-order valence-corrected chi connectivity index (χ3v) is 18.1. The topological polar surface area (TPSA) is 36.9 Å². The fourth-order valence-corrected chi connectivity index (χ4v) is 12.5. The van der Waals surface area contributed by atoms with E-state index in [-0.39, 0.29) is 49.6 Å². The molecule has 390 valence electrons. The van der Waals surface area contributed by atoms with Crippen LogP contribution in [0.15, 0.2) is 158 Å². The zero-order valence-corrected chi connectivity index (χ0v) is 49.0. The maximum atomic E-state index is 9.50. The number of hydrogen-bond donors (Lipinski definition) is 0. The van der Waals surface area contributed by atoms with E-state index in [1.807, 2.05) is 67.9 Å². The van der Waals surface area contributed by atoms with Gasteiger partial charge < -0.3 is 0 Å². The van der Waals surface area contributed by atoms with Crippen molar-refractivity contribution >= 4 is 32.8 Å². The summed E-state index contributed by atoms with van der Waals surface area (Å²) in [6, 6.07) is 26.3. The van der Waals surface area contributed by atoms with Gasteiger partial charge in [-0.2, -0.15) is 0 Å². The van der Waals surface area contributed by atoms with E-state index in [9.17, 15) is 5.48 Å². The molecule has 0 aliphatic heterocycles. The summed E-state index contributed by atoms with van der Waals surface area (Å²) in [5.41, 5.74) is 9.43. The molecule has 0 fully saturated rings. The molecule has 5 nitrogen and oxygen atoms in total. The first kappa shape index (κ1) is 40.7. The Balaban J connectivity index is 1.21. The summed E-state index contributed by atoms with van der Waals surface area (Å²) in [6.45, 7) is 35.2. The van der Waals surface area contributed by atoms with Crippen molar-refractivity contribution in [2.24, 2.45) is 5.41 Å². The van der Waals surface area contributed by atoms with Gasteiger partial charge in [0.1, 0.15) is 0 Å². The van der Waals surface area contributed by atoms with Gasteiger partial charge in [-0.15, -0.1) is 0 Å². The van der Waals surface area contributed by atoms with Crippen LogP contribution in [0.5, 0.6) is 11.5 Å². The number of fused-ring (bicyclic) bond motifs is 5. The van der Waals surface area contributed by atoms with Crippen molar-refractivity contribution in [3.05, 3.63) is 195 Å². The molecule has 0 saturated heterocycles. The number of aromatic nitrogens is 4. The average molecular weight is 1190 g/mol. The minimum absolute atomic E-state index is 0.0309. The van der Waals surface area contributed by atoms with Crippen molar-refractivity contribution in [2.45, 2.75) is 138 Å². The normalized spacial score (nSPS) is 17.1. The van der Waals surface area contributed by atoms with Gasteiger partial charge in [0, 0.05) is 6.20 Å². The van der Waals surface area contributed by atoms with E-state index in [4.69, 9.17) is 17.9 Å². The Kier molecular flexibility index (Phi) is 9.50. The van der Waals surface area contributed by atoms with Gasteiger partial charge in [-0.1, -0.05) is 41.5 Å². The number of nitrogens with zero attached hydrogens (tertiary/aromatic N) is 4. The van der Waals surface area contributed by atoms with E-state index in [0.717, 1.165) is 55.5 Å². The molecule has 3 aromatic heterocycles. The van der Waals surface area contributed by atoms with Crippen LogP contribution >= 0.6 is 0 Å². The Hall–Kier alpha value is -6.55. The fraction of sp³-hybridized carbons (Fsp3) is 0.314. The molecular formula is C70H74N4OPt. The Morgan fingerprint density at radius 2 is 1.07 bits per heavy atom. The SMILES string of the molecule is [2H]c1c([2H])c([2H])c(-c2cc(C(C)(C)C)cc(-c3c([2H])c([2H])c([2H])c([2H])c3[2H])c2-n2[c](=[Pt])n(-c3cc(Oc4ccc5c6cc7c(cc6n(-c6cc(C)ccn6)c5c4)C(C)(C)C(C)(C)C7(C)C)cc(C(C)(C)C)c3)c3cc(C(C)(C)C)ccc32)c([2H])c1[2H]. The molecule has 11 rings (SSSR count). The van der Waals surface area contributed by atoms with Crippen LogP contribution in [0.2, 0.25) is 0 Å². The van der Waals surface area contributed by atoms with Gasteiger partial charge in [0.25, 0.3) is 0 Å². The molecule has 0 spiro atoms. The molecule has 7 aromatic carbocycles. The van der Waals surface area contributed by atoms with Crippen LogP contribution in [-0.2, 0) is 46.4 Å². The maximum absolute atomic E-state index is 9.50. The van der Waals surface area contributed by atoms with Crippen LogP contribution in [0.3, 0.4) is 0 Å². The first-order valence-corrected chi connectivity index (χ1v) is 27.4. The zero-order valence-electron chi connectivity index (χ0n) is 56.8. The molecule has 76 heavy (non-hydrogen) atoms. The summed E-state index contributed by atoms with van der Waals surface area (Å²) in [6.07, 6.45) is 1.86. The Morgan fingerprint density at radius 3 is 1.64 bits per heavy atom. The average Bonchev–Trinajstić information content (AvgIpc) is 1.51. The summed E-state index contributed by atoms with van der Waals surface area (Å²) in [5, 5.41) is 2.22. The van der Waals surface area contributed by atoms with E-state index < -0.39 is 71.3 Å². The van der Waals surface area contributed by atoms with Crippen molar-refractivity contribution in [1.82, 2.24) is 18.7 Å². The molecule has 10 aromatic rings. The van der Waals surface area contributed by atoms with Gasteiger partial charge >= 0.3 is 385 Å². The minimum atomic E-state index is -0.648. The van der Waals surface area contributed by atoms with Crippen LogP contribution < -0.4 is 4.74 Å². The molecule has 0 radical (unpaired) electrons. The predicted octanol–water partition coefficient (Wildman–Crippen LogP) is 18.9. The van der Waals surface area contributed by atoms with Crippen molar-refractivity contribution < 1.29 is 37.8 Å². The van der Waals surface area contributed by atoms with E-state index >= 15 is 0 Å².